The first kappa shape index (κ1) is 8.74. The molecule has 4 nitrogen and oxygen atoms in total. The van der Waals surface area contributed by atoms with Crippen LogP contribution in [0, 0.1) is 0 Å². The van der Waals surface area contributed by atoms with Crippen molar-refractivity contribution < 1.29 is 9.59 Å². The molecule has 0 N–H and O–H groups in total. The van der Waals surface area contributed by atoms with Crippen molar-refractivity contribution in [3.8, 4) is 0 Å². The molecule has 4 heteroatoms. The van der Waals surface area contributed by atoms with Crippen molar-refractivity contribution in [2.45, 2.75) is 0 Å². The van der Waals surface area contributed by atoms with E-state index in [1.54, 1.807) is 20.3 Å². The number of likely N-dealkylation sites (N-methyl/N-ethyl adjacent to an activating group) is 2. The van der Waals surface area contributed by atoms with Crippen molar-refractivity contribution in [1.82, 2.24) is 9.80 Å². The van der Waals surface area contributed by atoms with E-state index in [2.05, 4.69) is 6.58 Å². The number of fused-ring (bicyclic) bond motifs is 1. The Balaban J connectivity index is 2.63. The predicted molar refractivity (Wildman–Crippen MR) is 50.8 cm³/mol. The summed E-state index contributed by atoms with van der Waals surface area (Å²) >= 11 is 0. The van der Waals surface area contributed by atoms with Gasteiger partial charge < -0.3 is 9.80 Å². The zero-order valence-corrected chi connectivity index (χ0v) is 8.07. The van der Waals surface area contributed by atoms with Gasteiger partial charge in [-0.05, 0) is 6.08 Å². The normalized spacial score (nSPS) is 20.6. The highest BCUT2D eigenvalue weighted by atomic mass is 16.2. The number of nitrogens with zero attached hydrogens (tertiary/aromatic N) is 2. The maximum atomic E-state index is 11.6. The van der Waals surface area contributed by atoms with Crippen molar-refractivity contribution in [3.05, 3.63) is 35.7 Å². The Bertz CT molecular complexity index is 418. The lowest BCUT2D eigenvalue weighted by atomic mass is 10.1. The summed E-state index contributed by atoms with van der Waals surface area (Å²) in [6.07, 6.45) is 3.10. The summed E-state index contributed by atoms with van der Waals surface area (Å²) < 4.78 is 0. The van der Waals surface area contributed by atoms with E-state index in [9.17, 15) is 9.59 Å². The fourth-order valence-electron chi connectivity index (χ4n) is 1.71. The topological polar surface area (TPSA) is 40.6 Å². The Labute approximate surface area is 81.8 Å². The number of rotatable bonds is 1. The summed E-state index contributed by atoms with van der Waals surface area (Å²) in [4.78, 5) is 26.1. The molecule has 0 unspecified atom stereocenters. The van der Waals surface area contributed by atoms with Crippen molar-refractivity contribution >= 4 is 11.8 Å². The first-order valence-corrected chi connectivity index (χ1v) is 4.22. The molecule has 0 saturated heterocycles. The van der Waals surface area contributed by atoms with Gasteiger partial charge in [-0.1, -0.05) is 6.58 Å². The van der Waals surface area contributed by atoms with Gasteiger partial charge >= 0.3 is 0 Å². The third kappa shape index (κ3) is 0.824. The molecule has 0 atom stereocenters. The summed E-state index contributed by atoms with van der Waals surface area (Å²) in [6.45, 7) is 3.60. The Morgan fingerprint density at radius 3 is 2.50 bits per heavy atom. The average molecular weight is 190 g/mol. The molecule has 0 fully saturated rings. The monoisotopic (exact) mass is 190 g/mol. The molecule has 0 saturated carbocycles. The molecular weight excluding hydrogens is 180 g/mol. The van der Waals surface area contributed by atoms with Gasteiger partial charge in [-0.2, -0.15) is 0 Å². The summed E-state index contributed by atoms with van der Waals surface area (Å²) in [5.41, 5.74) is 1.53. The van der Waals surface area contributed by atoms with Gasteiger partial charge in [0.05, 0.1) is 16.8 Å². The van der Waals surface area contributed by atoms with E-state index < -0.39 is 0 Å². The van der Waals surface area contributed by atoms with E-state index in [0.29, 0.717) is 16.8 Å². The van der Waals surface area contributed by atoms with Gasteiger partial charge in [0.15, 0.2) is 0 Å². The smallest absolute Gasteiger partial charge is 0.260 e. The zero-order chi connectivity index (χ0) is 10.5. The molecule has 72 valence electrons. The molecule has 2 rings (SSSR count). The molecule has 14 heavy (non-hydrogen) atoms. The van der Waals surface area contributed by atoms with Gasteiger partial charge in [-0.15, -0.1) is 0 Å². The fraction of sp³-hybridized carbons (Fsp3) is 0.200. The van der Waals surface area contributed by atoms with Crippen LogP contribution in [0.5, 0.6) is 0 Å². The largest absolute Gasteiger partial charge is 0.317 e. The van der Waals surface area contributed by atoms with Crippen molar-refractivity contribution in [1.29, 1.82) is 0 Å². The number of allylic oxidation sites excluding steroid dienone is 1. The number of hydrogen-bond donors (Lipinski definition) is 0. The minimum absolute atomic E-state index is 0.146. The van der Waals surface area contributed by atoms with Crippen LogP contribution in [0.1, 0.15) is 0 Å². The molecule has 2 amide bonds. The van der Waals surface area contributed by atoms with Crippen LogP contribution in [0.25, 0.3) is 0 Å². The lowest BCUT2D eigenvalue weighted by molar-refractivity contribution is -0.123. The van der Waals surface area contributed by atoms with Crippen LogP contribution in [0.3, 0.4) is 0 Å². The number of carbonyl (C=O) groups excluding carboxylic acids is 2. The number of amides is 2. The van der Waals surface area contributed by atoms with Crippen molar-refractivity contribution in [2.75, 3.05) is 14.1 Å². The van der Waals surface area contributed by atoms with E-state index in [1.165, 1.54) is 15.9 Å². The summed E-state index contributed by atoms with van der Waals surface area (Å²) in [5.74, 6) is -0.291. The van der Waals surface area contributed by atoms with Gasteiger partial charge in [0.1, 0.15) is 0 Å². The first-order chi connectivity index (χ1) is 6.57. The Morgan fingerprint density at radius 1 is 1.29 bits per heavy atom. The average Bonchev–Trinajstić information content (AvgIpc) is 2.56. The Kier molecular flexibility index (Phi) is 1.61. The van der Waals surface area contributed by atoms with Gasteiger partial charge in [0.25, 0.3) is 11.8 Å². The fourth-order valence-corrected chi connectivity index (χ4v) is 1.71. The van der Waals surface area contributed by atoms with Gasteiger partial charge in [-0.25, -0.2) is 0 Å². The molecule has 0 aliphatic carbocycles. The number of hydrogen-bond acceptors (Lipinski definition) is 2. The third-order valence-electron chi connectivity index (χ3n) is 2.47. The van der Waals surface area contributed by atoms with Gasteiger partial charge in [0.2, 0.25) is 0 Å². The van der Waals surface area contributed by atoms with Crippen LogP contribution in [-0.4, -0.2) is 35.7 Å². The second-order valence-corrected chi connectivity index (χ2v) is 3.29. The molecule has 0 bridgehead atoms. The van der Waals surface area contributed by atoms with Crippen LogP contribution in [-0.2, 0) is 9.59 Å². The third-order valence-corrected chi connectivity index (χ3v) is 2.47. The Hall–Kier alpha value is -1.84. The molecular formula is C10H10N2O2. The maximum Gasteiger partial charge on any atom is 0.260 e. The molecule has 0 aromatic heterocycles. The van der Waals surface area contributed by atoms with Crippen molar-refractivity contribution in [2.24, 2.45) is 0 Å². The van der Waals surface area contributed by atoms with Crippen molar-refractivity contribution in [3.63, 3.8) is 0 Å². The quantitative estimate of drug-likeness (QED) is 0.595. The molecule has 0 aromatic carbocycles. The highest BCUT2D eigenvalue weighted by Crippen LogP contribution is 2.33. The number of carbonyl (C=O) groups is 2. The van der Waals surface area contributed by atoms with Crippen LogP contribution in [0.2, 0.25) is 0 Å². The summed E-state index contributed by atoms with van der Waals surface area (Å²) in [7, 11) is 3.27. The second-order valence-electron chi connectivity index (χ2n) is 3.29. The van der Waals surface area contributed by atoms with E-state index in [-0.39, 0.29) is 11.8 Å². The standard InChI is InChI=1S/C10H10N2O2/c1-4-7-8-6(9(13)12(7)3)5-11(2)10(8)14/h4-5H,1H2,2-3H3. The van der Waals surface area contributed by atoms with Crippen LogP contribution < -0.4 is 0 Å². The van der Waals surface area contributed by atoms with Gasteiger partial charge in [-0.3, -0.25) is 9.59 Å². The lowest BCUT2D eigenvalue weighted by Gasteiger charge is -2.12. The molecule has 2 aliphatic rings. The molecule has 2 aliphatic heterocycles. The predicted octanol–water partition coefficient (Wildman–Crippen LogP) is 0.254. The van der Waals surface area contributed by atoms with E-state index in [0.717, 1.165) is 0 Å². The molecule has 2 heterocycles. The summed E-state index contributed by atoms with van der Waals surface area (Å²) in [6, 6.07) is 0. The van der Waals surface area contributed by atoms with Crippen LogP contribution in [0.15, 0.2) is 35.7 Å². The zero-order valence-electron chi connectivity index (χ0n) is 8.07. The molecule has 0 radical (unpaired) electrons. The van der Waals surface area contributed by atoms with E-state index in [4.69, 9.17) is 0 Å². The maximum absolute atomic E-state index is 11.6. The van der Waals surface area contributed by atoms with E-state index >= 15 is 0 Å². The highest BCUT2D eigenvalue weighted by molar-refractivity contribution is 6.18. The van der Waals surface area contributed by atoms with E-state index in [1.807, 2.05) is 0 Å². The molecule has 0 aromatic rings. The summed E-state index contributed by atoms with van der Waals surface area (Å²) in [5, 5.41) is 0. The second kappa shape index (κ2) is 2.57. The highest BCUT2D eigenvalue weighted by Gasteiger charge is 2.40. The van der Waals surface area contributed by atoms with Gasteiger partial charge in [0, 0.05) is 20.3 Å². The minimum atomic E-state index is -0.146. The SMILES string of the molecule is C=CC1=C2C(=O)N(C)C=C2C(=O)N1C. The minimum Gasteiger partial charge on any atom is -0.317 e. The van der Waals surface area contributed by atoms with Crippen LogP contribution >= 0.6 is 0 Å². The first-order valence-electron chi connectivity index (χ1n) is 4.22. The Morgan fingerprint density at radius 2 is 1.93 bits per heavy atom. The lowest BCUT2D eigenvalue weighted by Crippen LogP contribution is -2.22. The molecule has 0 spiro atoms. The van der Waals surface area contributed by atoms with Crippen LogP contribution in [0.4, 0.5) is 0 Å².